The zero-order chi connectivity index (χ0) is 18.4. The highest BCUT2D eigenvalue weighted by atomic mass is 35.5. The molecule has 0 aromatic heterocycles. The van der Waals surface area contributed by atoms with Crippen LogP contribution in [0, 0.1) is 11.8 Å². The van der Waals surface area contributed by atoms with Gasteiger partial charge in [-0.25, -0.2) is 0 Å². The van der Waals surface area contributed by atoms with Crippen LogP contribution in [-0.2, 0) is 0 Å². The van der Waals surface area contributed by atoms with Crippen LogP contribution < -0.4 is 5.32 Å². The minimum absolute atomic E-state index is 0.0633. The van der Waals surface area contributed by atoms with Gasteiger partial charge in [-0.05, 0) is 42.5 Å². The van der Waals surface area contributed by atoms with Crippen LogP contribution in [0.2, 0.25) is 10.0 Å². The van der Waals surface area contributed by atoms with E-state index in [1.807, 2.05) is 0 Å². The van der Waals surface area contributed by atoms with E-state index in [-0.39, 0.29) is 18.4 Å². The van der Waals surface area contributed by atoms with E-state index < -0.39 is 0 Å². The van der Waals surface area contributed by atoms with Gasteiger partial charge in [0, 0.05) is 30.2 Å². The Hall–Kier alpha value is -2.48. The molecule has 2 aromatic rings. The third kappa shape index (κ3) is 5.25. The van der Waals surface area contributed by atoms with E-state index >= 15 is 0 Å². The Kier molecular flexibility index (Phi) is 6.46. The van der Waals surface area contributed by atoms with E-state index in [9.17, 15) is 9.59 Å². The number of hydrogen-bond acceptors (Lipinski definition) is 2. The summed E-state index contributed by atoms with van der Waals surface area (Å²) in [6.45, 7) is 0.177. The molecule has 0 unspecified atom stereocenters. The van der Waals surface area contributed by atoms with Gasteiger partial charge in [-0.2, -0.15) is 0 Å². The largest absolute Gasteiger partial charge is 0.345 e. The van der Waals surface area contributed by atoms with Crippen molar-refractivity contribution in [1.29, 1.82) is 0 Å². The Bertz CT molecular complexity index is 850. The van der Waals surface area contributed by atoms with E-state index in [2.05, 4.69) is 17.2 Å². The lowest BCUT2D eigenvalue weighted by molar-refractivity contribution is 0.0827. The molecule has 0 saturated heterocycles. The monoisotopic (exact) mass is 374 g/mol. The molecule has 1 N–H and O–H groups in total. The summed E-state index contributed by atoms with van der Waals surface area (Å²) in [6.07, 6.45) is 0. The average Bonchev–Trinajstić information content (AvgIpc) is 2.58. The Balaban J connectivity index is 1.94. The van der Waals surface area contributed by atoms with Gasteiger partial charge in [0.2, 0.25) is 0 Å². The van der Waals surface area contributed by atoms with Crippen LogP contribution in [0.5, 0.6) is 0 Å². The first kappa shape index (κ1) is 18.9. The molecule has 0 aliphatic heterocycles. The van der Waals surface area contributed by atoms with Crippen molar-refractivity contribution in [1.82, 2.24) is 10.2 Å². The molecule has 2 aromatic carbocycles. The molecule has 4 nitrogen and oxygen atoms in total. The number of nitrogens with zero attached hydrogens (tertiary/aromatic N) is 1. The number of amides is 2. The molecule has 0 fully saturated rings. The Morgan fingerprint density at radius 1 is 1.08 bits per heavy atom. The fourth-order valence-electron chi connectivity index (χ4n) is 1.99. The standard InChI is InChI=1S/C19H16Cl2N2O2/c1-23(2)19(25)14-7-5-13(6-8-14)4-3-11-22-18(24)16-10-9-15(20)12-17(16)21/h5-10,12H,11H2,1-2H3,(H,22,24). The fourth-order valence-corrected chi connectivity index (χ4v) is 2.49. The summed E-state index contributed by atoms with van der Waals surface area (Å²) >= 11 is 11.8. The van der Waals surface area contributed by atoms with Crippen LogP contribution in [0.4, 0.5) is 0 Å². The number of halogens is 2. The zero-order valence-corrected chi connectivity index (χ0v) is 15.3. The van der Waals surface area contributed by atoms with E-state index in [0.29, 0.717) is 21.2 Å². The van der Waals surface area contributed by atoms with Crippen molar-refractivity contribution in [3.63, 3.8) is 0 Å². The minimum Gasteiger partial charge on any atom is -0.345 e. The van der Waals surface area contributed by atoms with Gasteiger partial charge in [-0.3, -0.25) is 9.59 Å². The maximum Gasteiger partial charge on any atom is 0.253 e. The molecule has 2 amide bonds. The van der Waals surface area contributed by atoms with E-state index in [0.717, 1.165) is 5.56 Å². The molecule has 0 atom stereocenters. The van der Waals surface area contributed by atoms with Crippen LogP contribution in [0.15, 0.2) is 42.5 Å². The fraction of sp³-hybridized carbons (Fsp3) is 0.158. The molecule has 0 aliphatic rings. The molecule has 0 radical (unpaired) electrons. The Morgan fingerprint density at radius 2 is 1.76 bits per heavy atom. The second-order valence-electron chi connectivity index (χ2n) is 5.39. The van der Waals surface area contributed by atoms with Gasteiger partial charge in [0.05, 0.1) is 17.1 Å². The third-order valence-electron chi connectivity index (χ3n) is 3.28. The molecule has 2 rings (SSSR count). The zero-order valence-electron chi connectivity index (χ0n) is 13.8. The summed E-state index contributed by atoms with van der Waals surface area (Å²) in [4.78, 5) is 25.3. The van der Waals surface area contributed by atoms with Crippen molar-refractivity contribution < 1.29 is 9.59 Å². The number of carbonyl (C=O) groups is 2. The topological polar surface area (TPSA) is 49.4 Å². The predicted octanol–water partition coefficient (Wildman–Crippen LogP) is 3.48. The van der Waals surface area contributed by atoms with Gasteiger partial charge in [0.1, 0.15) is 0 Å². The van der Waals surface area contributed by atoms with Crippen LogP contribution in [-0.4, -0.2) is 37.4 Å². The second kappa shape index (κ2) is 8.57. The van der Waals surface area contributed by atoms with Crippen LogP contribution in [0.3, 0.4) is 0 Å². The lowest BCUT2D eigenvalue weighted by Gasteiger charge is -2.09. The number of carbonyl (C=O) groups excluding carboxylic acids is 2. The highest BCUT2D eigenvalue weighted by Gasteiger charge is 2.09. The summed E-state index contributed by atoms with van der Waals surface area (Å²) in [5.74, 6) is 5.40. The van der Waals surface area contributed by atoms with Crippen molar-refractivity contribution >= 4 is 35.0 Å². The molecule has 0 heterocycles. The van der Waals surface area contributed by atoms with E-state index in [1.54, 1.807) is 50.5 Å². The maximum absolute atomic E-state index is 12.0. The third-order valence-corrected chi connectivity index (χ3v) is 3.83. The normalized spacial score (nSPS) is 9.76. The molecule has 0 spiro atoms. The maximum atomic E-state index is 12.0. The molecule has 0 aliphatic carbocycles. The van der Waals surface area contributed by atoms with Crippen LogP contribution in [0.1, 0.15) is 26.3 Å². The number of hydrogen-bond donors (Lipinski definition) is 1. The SMILES string of the molecule is CN(C)C(=O)c1ccc(C#CCNC(=O)c2ccc(Cl)cc2Cl)cc1. The molecule has 0 saturated carbocycles. The van der Waals surface area contributed by atoms with Gasteiger partial charge in [-0.15, -0.1) is 0 Å². The summed E-state index contributed by atoms with van der Waals surface area (Å²) in [5, 5.41) is 3.43. The summed E-state index contributed by atoms with van der Waals surface area (Å²) in [6, 6.07) is 11.7. The molecular formula is C19H16Cl2N2O2. The first-order chi connectivity index (χ1) is 11.9. The van der Waals surface area contributed by atoms with Gasteiger partial charge in [0.15, 0.2) is 0 Å². The molecule has 25 heavy (non-hydrogen) atoms. The van der Waals surface area contributed by atoms with Crippen molar-refractivity contribution in [3.8, 4) is 11.8 Å². The predicted molar refractivity (Wildman–Crippen MR) is 100 cm³/mol. The van der Waals surface area contributed by atoms with Gasteiger partial charge >= 0.3 is 0 Å². The smallest absolute Gasteiger partial charge is 0.253 e. The number of rotatable bonds is 3. The van der Waals surface area contributed by atoms with Gasteiger partial charge in [-0.1, -0.05) is 35.0 Å². The summed E-state index contributed by atoms with van der Waals surface area (Å²) in [7, 11) is 3.40. The highest BCUT2D eigenvalue weighted by Crippen LogP contribution is 2.20. The molecular weight excluding hydrogens is 359 g/mol. The van der Waals surface area contributed by atoms with E-state index in [4.69, 9.17) is 23.2 Å². The summed E-state index contributed by atoms with van der Waals surface area (Å²) < 4.78 is 0. The lowest BCUT2D eigenvalue weighted by Crippen LogP contribution is -2.23. The van der Waals surface area contributed by atoms with E-state index in [1.165, 1.54) is 11.0 Å². The van der Waals surface area contributed by atoms with Crippen molar-refractivity contribution in [2.75, 3.05) is 20.6 Å². The molecule has 6 heteroatoms. The Labute approximate surface area is 156 Å². The molecule has 128 valence electrons. The quantitative estimate of drug-likeness (QED) is 0.836. The average molecular weight is 375 g/mol. The van der Waals surface area contributed by atoms with Crippen molar-refractivity contribution in [2.24, 2.45) is 0 Å². The van der Waals surface area contributed by atoms with Crippen molar-refractivity contribution in [3.05, 3.63) is 69.2 Å². The number of nitrogens with one attached hydrogen (secondary N) is 1. The molecule has 0 bridgehead atoms. The van der Waals surface area contributed by atoms with Crippen LogP contribution >= 0.6 is 23.2 Å². The minimum atomic E-state index is -0.317. The summed E-state index contributed by atoms with van der Waals surface area (Å²) in [5.41, 5.74) is 1.70. The van der Waals surface area contributed by atoms with Crippen LogP contribution in [0.25, 0.3) is 0 Å². The first-order valence-corrected chi connectivity index (χ1v) is 8.18. The first-order valence-electron chi connectivity index (χ1n) is 7.42. The Morgan fingerprint density at radius 3 is 2.36 bits per heavy atom. The number of benzene rings is 2. The van der Waals surface area contributed by atoms with Gasteiger partial charge < -0.3 is 10.2 Å². The van der Waals surface area contributed by atoms with Crippen molar-refractivity contribution in [2.45, 2.75) is 0 Å². The second-order valence-corrected chi connectivity index (χ2v) is 6.23. The highest BCUT2D eigenvalue weighted by molar-refractivity contribution is 6.36. The lowest BCUT2D eigenvalue weighted by atomic mass is 10.1. The van der Waals surface area contributed by atoms with Gasteiger partial charge in [0.25, 0.3) is 11.8 Å².